The molecule has 0 unspecified atom stereocenters. The molecule has 2 aromatic carbocycles. The Morgan fingerprint density at radius 2 is 1.97 bits per heavy atom. The van der Waals surface area contributed by atoms with Gasteiger partial charge in [-0.15, -0.1) is 0 Å². The Bertz CT molecular complexity index is 1180. The smallest absolute Gasteiger partial charge is 0.341 e. The lowest BCUT2D eigenvalue weighted by Crippen LogP contribution is -2.44. The van der Waals surface area contributed by atoms with Crippen LogP contribution in [-0.2, 0) is 9.59 Å². The van der Waals surface area contributed by atoms with Gasteiger partial charge in [-0.2, -0.15) is 0 Å². The minimum Gasteiger partial charge on any atom is -0.490 e. The average molecular weight is 574 g/mol. The Balaban J connectivity index is 1.70. The SMILES string of the molecule is CCOc1cc(/C=C2\SC(=Nc3ccccc3)N([C@@H]3CCCC[C@@H]3C)C2=O)cc(Br)c1OCC(=O)O. The van der Waals surface area contributed by atoms with Crippen molar-refractivity contribution in [1.29, 1.82) is 0 Å². The number of aliphatic carboxylic acids is 1. The van der Waals surface area contributed by atoms with E-state index in [1.165, 1.54) is 18.2 Å². The first-order chi connectivity index (χ1) is 17.4. The van der Waals surface area contributed by atoms with E-state index in [0.717, 1.165) is 30.5 Å². The summed E-state index contributed by atoms with van der Waals surface area (Å²) in [6.07, 6.45) is 6.17. The van der Waals surface area contributed by atoms with Crippen LogP contribution in [0.2, 0.25) is 0 Å². The molecule has 7 nitrogen and oxygen atoms in total. The fraction of sp³-hybridized carbons (Fsp3) is 0.370. The lowest BCUT2D eigenvalue weighted by molar-refractivity contribution is -0.139. The van der Waals surface area contributed by atoms with Crippen LogP contribution in [-0.4, -0.2) is 46.3 Å². The Hall–Kier alpha value is -2.78. The number of aliphatic imine (C=N–C) groups is 1. The molecule has 0 radical (unpaired) electrons. The summed E-state index contributed by atoms with van der Waals surface area (Å²) in [4.78, 5) is 32.0. The molecule has 4 rings (SSSR count). The Morgan fingerprint density at radius 3 is 2.67 bits per heavy atom. The first kappa shape index (κ1) is 26.3. The lowest BCUT2D eigenvalue weighted by Gasteiger charge is -2.35. The van der Waals surface area contributed by atoms with E-state index in [1.54, 1.807) is 12.1 Å². The Morgan fingerprint density at radius 1 is 1.22 bits per heavy atom. The number of thioether (sulfide) groups is 1. The fourth-order valence-electron chi connectivity index (χ4n) is 4.51. The van der Waals surface area contributed by atoms with Crippen molar-refractivity contribution in [3.05, 3.63) is 57.4 Å². The van der Waals surface area contributed by atoms with E-state index in [2.05, 4.69) is 22.9 Å². The third kappa shape index (κ3) is 6.13. The van der Waals surface area contributed by atoms with Gasteiger partial charge in [-0.3, -0.25) is 9.69 Å². The highest BCUT2D eigenvalue weighted by Gasteiger charge is 2.41. The number of carbonyl (C=O) groups excluding carboxylic acids is 1. The number of amides is 1. The predicted octanol–water partition coefficient (Wildman–Crippen LogP) is 6.49. The van der Waals surface area contributed by atoms with Crippen LogP contribution in [0.15, 0.2) is 56.8 Å². The van der Waals surface area contributed by atoms with Gasteiger partial charge in [0.05, 0.1) is 21.7 Å². The number of hydrogen-bond donors (Lipinski definition) is 1. The molecule has 1 N–H and O–H groups in total. The van der Waals surface area contributed by atoms with E-state index in [-0.39, 0.29) is 11.9 Å². The topological polar surface area (TPSA) is 88.4 Å². The van der Waals surface area contributed by atoms with Crippen molar-refractivity contribution in [2.45, 2.75) is 45.6 Å². The monoisotopic (exact) mass is 572 g/mol. The van der Waals surface area contributed by atoms with Crippen LogP contribution in [0.5, 0.6) is 11.5 Å². The number of benzene rings is 2. The van der Waals surface area contributed by atoms with Crippen molar-refractivity contribution in [2.75, 3.05) is 13.2 Å². The summed E-state index contributed by atoms with van der Waals surface area (Å²) < 4.78 is 11.7. The molecule has 1 saturated carbocycles. The molecule has 2 aromatic rings. The summed E-state index contributed by atoms with van der Waals surface area (Å²) in [7, 11) is 0. The van der Waals surface area contributed by atoms with Crippen molar-refractivity contribution in [3.8, 4) is 11.5 Å². The number of amidine groups is 1. The number of halogens is 1. The van der Waals surface area contributed by atoms with E-state index in [4.69, 9.17) is 19.6 Å². The summed E-state index contributed by atoms with van der Waals surface area (Å²) in [5.41, 5.74) is 1.55. The highest BCUT2D eigenvalue weighted by atomic mass is 79.9. The minimum atomic E-state index is -1.08. The van der Waals surface area contributed by atoms with Crippen molar-refractivity contribution >= 4 is 56.5 Å². The molecule has 1 saturated heterocycles. The fourth-order valence-corrected chi connectivity index (χ4v) is 6.13. The maximum atomic E-state index is 13.7. The van der Waals surface area contributed by atoms with Gasteiger partial charge in [0.15, 0.2) is 23.3 Å². The van der Waals surface area contributed by atoms with E-state index >= 15 is 0 Å². The second kappa shape index (κ2) is 12.0. The molecule has 1 aliphatic heterocycles. The summed E-state index contributed by atoms with van der Waals surface area (Å²) >= 11 is 4.85. The molecule has 0 aromatic heterocycles. The molecule has 2 fully saturated rings. The molecule has 190 valence electrons. The van der Waals surface area contributed by atoms with Crippen LogP contribution >= 0.6 is 27.7 Å². The zero-order valence-electron chi connectivity index (χ0n) is 20.3. The van der Waals surface area contributed by atoms with Crippen molar-refractivity contribution in [1.82, 2.24) is 4.90 Å². The van der Waals surface area contributed by atoms with Gasteiger partial charge in [-0.25, -0.2) is 9.79 Å². The number of ether oxygens (including phenoxy) is 2. The van der Waals surface area contributed by atoms with Crippen LogP contribution < -0.4 is 9.47 Å². The number of hydrogen-bond acceptors (Lipinski definition) is 6. The van der Waals surface area contributed by atoms with Crippen LogP contribution in [0.25, 0.3) is 6.08 Å². The third-order valence-corrected chi connectivity index (χ3v) is 7.76. The summed E-state index contributed by atoms with van der Waals surface area (Å²) in [5, 5.41) is 9.69. The van der Waals surface area contributed by atoms with Gasteiger partial charge in [0.2, 0.25) is 0 Å². The number of carbonyl (C=O) groups is 2. The van der Waals surface area contributed by atoms with E-state index in [9.17, 15) is 9.59 Å². The van der Waals surface area contributed by atoms with Crippen molar-refractivity contribution in [2.24, 2.45) is 10.9 Å². The zero-order chi connectivity index (χ0) is 25.7. The number of para-hydroxylation sites is 1. The van der Waals surface area contributed by atoms with Gasteiger partial charge < -0.3 is 14.6 Å². The first-order valence-electron chi connectivity index (χ1n) is 12.0. The highest BCUT2D eigenvalue weighted by Crippen LogP contribution is 2.42. The molecular weight excluding hydrogens is 544 g/mol. The van der Waals surface area contributed by atoms with Gasteiger partial charge in [0, 0.05) is 6.04 Å². The second-order valence-corrected chi connectivity index (χ2v) is 10.7. The largest absolute Gasteiger partial charge is 0.490 e. The molecule has 1 amide bonds. The quantitative estimate of drug-likeness (QED) is 0.363. The predicted molar refractivity (Wildman–Crippen MR) is 146 cm³/mol. The highest BCUT2D eigenvalue weighted by molar-refractivity contribution is 9.10. The summed E-state index contributed by atoms with van der Waals surface area (Å²) in [6.45, 7) is 3.95. The molecule has 0 spiro atoms. The number of nitrogens with zero attached hydrogens (tertiary/aromatic N) is 2. The summed E-state index contributed by atoms with van der Waals surface area (Å²) in [6, 6.07) is 13.3. The third-order valence-electron chi connectivity index (χ3n) is 6.19. The van der Waals surface area contributed by atoms with Crippen LogP contribution in [0, 0.1) is 5.92 Å². The average Bonchev–Trinajstić information content (AvgIpc) is 3.13. The van der Waals surface area contributed by atoms with E-state index < -0.39 is 12.6 Å². The van der Waals surface area contributed by atoms with Crippen LogP contribution in [0.1, 0.15) is 45.1 Å². The van der Waals surface area contributed by atoms with Gasteiger partial charge in [-0.05, 0) is 89.3 Å². The number of carboxylic acid groups (broad SMARTS) is 1. The van der Waals surface area contributed by atoms with Crippen molar-refractivity contribution in [3.63, 3.8) is 0 Å². The molecule has 0 bridgehead atoms. The van der Waals surface area contributed by atoms with E-state index in [0.29, 0.717) is 38.6 Å². The molecule has 1 aliphatic carbocycles. The molecular formula is C27H29BrN2O5S. The lowest BCUT2D eigenvalue weighted by atomic mass is 9.85. The molecule has 2 atom stereocenters. The van der Waals surface area contributed by atoms with Crippen LogP contribution in [0.3, 0.4) is 0 Å². The Kier molecular flexibility index (Phi) is 8.74. The summed E-state index contributed by atoms with van der Waals surface area (Å²) in [5.74, 6) is -0.00499. The minimum absolute atomic E-state index is 0.0475. The van der Waals surface area contributed by atoms with Gasteiger partial charge in [0.1, 0.15) is 0 Å². The molecule has 2 aliphatic rings. The van der Waals surface area contributed by atoms with Gasteiger partial charge >= 0.3 is 5.97 Å². The first-order valence-corrected chi connectivity index (χ1v) is 13.7. The number of rotatable bonds is 8. The Labute approximate surface area is 223 Å². The zero-order valence-corrected chi connectivity index (χ0v) is 22.7. The number of carboxylic acids is 1. The maximum Gasteiger partial charge on any atom is 0.341 e. The molecule has 36 heavy (non-hydrogen) atoms. The van der Waals surface area contributed by atoms with Gasteiger partial charge in [-0.1, -0.05) is 38.0 Å². The van der Waals surface area contributed by atoms with E-state index in [1.807, 2.05) is 48.2 Å². The normalized spacial score (nSPS) is 22.3. The molecule has 9 heteroatoms. The van der Waals surface area contributed by atoms with Gasteiger partial charge in [0.25, 0.3) is 5.91 Å². The second-order valence-electron chi connectivity index (χ2n) is 8.79. The molecule has 1 heterocycles. The van der Waals surface area contributed by atoms with Crippen LogP contribution in [0.4, 0.5) is 5.69 Å². The maximum absolute atomic E-state index is 13.7. The van der Waals surface area contributed by atoms with Crippen molar-refractivity contribution < 1.29 is 24.2 Å². The standard InChI is InChI=1S/C27H29BrN2O5S/c1-3-34-22-14-18(13-20(28)25(22)35-16-24(31)32)15-23-26(33)30(21-12-8-7-9-17(21)2)27(36-23)29-19-10-5-4-6-11-19/h4-6,10-11,13-15,17,21H,3,7-9,12,16H2,1-2H3,(H,31,32)/b23-15-,29-27?/t17-,21+/m0/s1.